The Morgan fingerprint density at radius 2 is 1.92 bits per heavy atom. The molecule has 0 radical (unpaired) electrons. The van der Waals surface area contributed by atoms with E-state index in [0.29, 0.717) is 5.78 Å². The number of Topliss-reactive ketones (excluding diaryl/α,β-unsaturated/α-hetero) is 1. The van der Waals surface area contributed by atoms with Gasteiger partial charge in [0.1, 0.15) is 5.78 Å². The maximum absolute atomic E-state index is 12.0. The second-order valence-electron chi connectivity index (χ2n) is 5.32. The van der Waals surface area contributed by atoms with E-state index in [9.17, 15) is 4.79 Å². The average molecular weight is 178 g/mol. The predicted octanol–water partition coefficient (Wildman–Crippen LogP) is 2.79. The summed E-state index contributed by atoms with van der Waals surface area (Å²) in [6.45, 7) is 2.37. The first kappa shape index (κ1) is 8.02. The van der Waals surface area contributed by atoms with Gasteiger partial charge < -0.3 is 0 Å². The minimum Gasteiger partial charge on any atom is -0.299 e. The Labute approximate surface area is 79.9 Å². The molecule has 3 rings (SSSR count). The molecule has 1 heteroatoms. The van der Waals surface area contributed by atoms with Crippen LogP contribution in [-0.2, 0) is 4.79 Å². The first-order valence-electron chi connectivity index (χ1n) is 5.80. The molecular weight excluding hydrogens is 160 g/mol. The number of hydrogen-bond acceptors (Lipinski definition) is 1. The third-order valence-electron chi connectivity index (χ3n) is 5.14. The van der Waals surface area contributed by atoms with Gasteiger partial charge in [-0.15, -0.1) is 0 Å². The molecule has 0 aromatic carbocycles. The topological polar surface area (TPSA) is 17.1 Å². The second-order valence-corrected chi connectivity index (χ2v) is 5.32. The van der Waals surface area contributed by atoms with Gasteiger partial charge in [-0.2, -0.15) is 0 Å². The lowest BCUT2D eigenvalue weighted by Crippen LogP contribution is -2.59. The lowest BCUT2D eigenvalue weighted by atomic mass is 9.44. The minimum atomic E-state index is 0.220. The van der Waals surface area contributed by atoms with Crippen molar-refractivity contribution in [1.82, 2.24) is 0 Å². The van der Waals surface area contributed by atoms with Gasteiger partial charge >= 0.3 is 0 Å². The smallest absolute Gasteiger partial charge is 0.139 e. The Kier molecular flexibility index (Phi) is 1.46. The van der Waals surface area contributed by atoms with Crippen LogP contribution < -0.4 is 0 Å². The van der Waals surface area contributed by atoms with Crippen molar-refractivity contribution < 1.29 is 4.79 Å². The molecule has 1 nitrogen and oxygen atoms in total. The maximum Gasteiger partial charge on any atom is 0.139 e. The van der Waals surface area contributed by atoms with Gasteiger partial charge in [-0.1, -0.05) is 13.3 Å². The zero-order valence-electron chi connectivity index (χ0n) is 8.38. The van der Waals surface area contributed by atoms with E-state index in [2.05, 4.69) is 6.92 Å². The minimum absolute atomic E-state index is 0.220. The van der Waals surface area contributed by atoms with Crippen LogP contribution >= 0.6 is 0 Å². The van der Waals surface area contributed by atoms with Gasteiger partial charge in [0.05, 0.1) is 0 Å². The van der Waals surface area contributed by atoms with Gasteiger partial charge in [0.25, 0.3) is 0 Å². The van der Waals surface area contributed by atoms with E-state index in [4.69, 9.17) is 0 Å². The molecule has 3 aliphatic carbocycles. The first-order chi connectivity index (χ1) is 6.27. The van der Waals surface area contributed by atoms with Crippen molar-refractivity contribution in [3.8, 4) is 0 Å². The zero-order valence-corrected chi connectivity index (χ0v) is 8.38. The fourth-order valence-corrected chi connectivity index (χ4v) is 4.67. The Morgan fingerprint density at radius 1 is 1.23 bits per heavy atom. The SMILES string of the molecule is C[C@H]1[C@@H]2CCCC(=O)[C@]23CCC[C@@H]13. The quantitative estimate of drug-likeness (QED) is 0.557. The van der Waals surface area contributed by atoms with Crippen LogP contribution in [0.1, 0.15) is 45.4 Å². The number of ketones is 1. The monoisotopic (exact) mass is 178 g/mol. The molecule has 3 aliphatic rings. The van der Waals surface area contributed by atoms with E-state index in [0.717, 1.165) is 24.2 Å². The Hall–Kier alpha value is -0.330. The van der Waals surface area contributed by atoms with E-state index in [-0.39, 0.29) is 5.41 Å². The van der Waals surface area contributed by atoms with E-state index in [1.165, 1.54) is 32.1 Å². The van der Waals surface area contributed by atoms with Crippen LogP contribution in [0.2, 0.25) is 0 Å². The van der Waals surface area contributed by atoms with Gasteiger partial charge in [0.2, 0.25) is 0 Å². The molecule has 1 spiro atoms. The van der Waals surface area contributed by atoms with Crippen molar-refractivity contribution in [1.29, 1.82) is 0 Å². The van der Waals surface area contributed by atoms with E-state index in [1.807, 2.05) is 0 Å². The van der Waals surface area contributed by atoms with Crippen molar-refractivity contribution in [3.05, 3.63) is 0 Å². The van der Waals surface area contributed by atoms with Crippen LogP contribution in [0.25, 0.3) is 0 Å². The molecular formula is C12H18O. The number of carbonyl (C=O) groups excluding carboxylic acids is 1. The van der Waals surface area contributed by atoms with Gasteiger partial charge in [-0.05, 0) is 43.4 Å². The summed E-state index contributed by atoms with van der Waals surface area (Å²) in [5.74, 6) is 3.04. The lowest BCUT2D eigenvalue weighted by Gasteiger charge is -2.59. The summed E-state index contributed by atoms with van der Waals surface area (Å²) in [6, 6.07) is 0. The van der Waals surface area contributed by atoms with Gasteiger partial charge in [-0.3, -0.25) is 4.79 Å². The van der Waals surface area contributed by atoms with Crippen LogP contribution in [0.4, 0.5) is 0 Å². The summed E-state index contributed by atoms with van der Waals surface area (Å²) >= 11 is 0. The molecule has 3 fully saturated rings. The fraction of sp³-hybridized carbons (Fsp3) is 0.917. The number of carbonyl (C=O) groups is 1. The highest BCUT2D eigenvalue weighted by molar-refractivity contribution is 5.88. The molecule has 0 aromatic heterocycles. The third-order valence-corrected chi connectivity index (χ3v) is 5.14. The van der Waals surface area contributed by atoms with Crippen LogP contribution in [0.3, 0.4) is 0 Å². The van der Waals surface area contributed by atoms with Crippen molar-refractivity contribution in [3.63, 3.8) is 0 Å². The Bertz CT molecular complexity index is 258. The lowest BCUT2D eigenvalue weighted by molar-refractivity contribution is -0.164. The maximum atomic E-state index is 12.0. The predicted molar refractivity (Wildman–Crippen MR) is 51.3 cm³/mol. The van der Waals surface area contributed by atoms with Gasteiger partial charge in [-0.25, -0.2) is 0 Å². The summed E-state index contributed by atoms with van der Waals surface area (Å²) in [5.41, 5.74) is 0.220. The summed E-state index contributed by atoms with van der Waals surface area (Å²) in [4.78, 5) is 12.0. The molecule has 0 unspecified atom stereocenters. The van der Waals surface area contributed by atoms with Crippen LogP contribution in [0, 0.1) is 23.2 Å². The zero-order chi connectivity index (χ0) is 9.05. The van der Waals surface area contributed by atoms with E-state index in [1.54, 1.807) is 0 Å². The van der Waals surface area contributed by atoms with Gasteiger partial charge in [0.15, 0.2) is 0 Å². The summed E-state index contributed by atoms with van der Waals surface area (Å²) in [6.07, 6.45) is 7.28. The molecule has 0 aliphatic heterocycles. The molecule has 0 N–H and O–H groups in total. The van der Waals surface area contributed by atoms with Crippen LogP contribution in [0.5, 0.6) is 0 Å². The molecule has 0 aromatic rings. The fourth-order valence-electron chi connectivity index (χ4n) is 4.67. The standard InChI is InChI=1S/C12H18O/c1-8-9-4-2-6-11(13)12(9)7-3-5-10(8)12/h8-10H,2-7H2,1H3/t8-,9-,10-,12+/m0/s1. The summed E-state index contributed by atoms with van der Waals surface area (Å²) in [5, 5.41) is 0. The third kappa shape index (κ3) is 0.730. The van der Waals surface area contributed by atoms with E-state index >= 15 is 0 Å². The molecule has 0 amide bonds. The summed E-state index contributed by atoms with van der Waals surface area (Å²) in [7, 11) is 0. The average Bonchev–Trinajstić information content (AvgIpc) is 2.50. The molecule has 3 saturated carbocycles. The highest BCUT2D eigenvalue weighted by Gasteiger charge is 2.65. The molecule has 0 bridgehead atoms. The van der Waals surface area contributed by atoms with Crippen molar-refractivity contribution >= 4 is 5.78 Å². The molecule has 13 heavy (non-hydrogen) atoms. The van der Waals surface area contributed by atoms with Gasteiger partial charge in [0, 0.05) is 11.8 Å². The number of rotatable bonds is 0. The first-order valence-corrected chi connectivity index (χ1v) is 5.80. The van der Waals surface area contributed by atoms with Crippen molar-refractivity contribution in [2.75, 3.05) is 0 Å². The second kappa shape index (κ2) is 2.37. The van der Waals surface area contributed by atoms with E-state index < -0.39 is 0 Å². The normalized spacial score (nSPS) is 53.9. The van der Waals surface area contributed by atoms with Crippen molar-refractivity contribution in [2.24, 2.45) is 23.2 Å². The Balaban J connectivity index is 1.98. The summed E-state index contributed by atoms with van der Waals surface area (Å²) < 4.78 is 0. The molecule has 0 saturated heterocycles. The largest absolute Gasteiger partial charge is 0.299 e. The molecule has 0 heterocycles. The van der Waals surface area contributed by atoms with Crippen molar-refractivity contribution in [2.45, 2.75) is 45.4 Å². The molecule has 4 atom stereocenters. The van der Waals surface area contributed by atoms with Crippen LogP contribution in [0.15, 0.2) is 0 Å². The van der Waals surface area contributed by atoms with Crippen LogP contribution in [-0.4, -0.2) is 5.78 Å². The Morgan fingerprint density at radius 3 is 2.69 bits per heavy atom. The number of hydrogen-bond donors (Lipinski definition) is 0. The highest BCUT2D eigenvalue weighted by Crippen LogP contribution is 2.68. The highest BCUT2D eigenvalue weighted by atomic mass is 16.1. The molecule has 72 valence electrons.